The molecule has 0 fully saturated rings. The van der Waals surface area contributed by atoms with E-state index in [0.29, 0.717) is 23.2 Å². The van der Waals surface area contributed by atoms with Crippen LogP contribution in [0.3, 0.4) is 0 Å². The van der Waals surface area contributed by atoms with Gasteiger partial charge in [-0.1, -0.05) is 18.2 Å². The number of hydrogen-bond donors (Lipinski definition) is 2. The van der Waals surface area contributed by atoms with E-state index in [9.17, 15) is 13.6 Å². The maximum Gasteiger partial charge on any atom is 0.251 e. The molecular formula is C23H24F2N8O. The molecule has 3 N–H and O–H groups in total. The molecule has 2 heterocycles. The average Bonchev–Trinajstić information content (AvgIpc) is 3.30. The number of nitrogens with two attached hydrogens (primary N) is 1. The number of likely N-dealkylation sites (N-methyl/N-ethyl adjacent to an activating group) is 1. The highest BCUT2D eigenvalue weighted by Gasteiger charge is 2.27. The first kappa shape index (κ1) is 23.2. The molecule has 11 heteroatoms. The molecule has 1 aliphatic rings. The normalized spacial score (nSPS) is 15.7. The fourth-order valence-electron chi connectivity index (χ4n) is 3.55. The summed E-state index contributed by atoms with van der Waals surface area (Å²) in [5, 5.41) is 14.4. The van der Waals surface area contributed by atoms with Crippen LogP contribution in [0.1, 0.15) is 22.8 Å². The van der Waals surface area contributed by atoms with E-state index in [0.717, 1.165) is 18.2 Å². The number of nitrogen functional groups attached to an aromatic ring is 1. The molecular weight excluding hydrogens is 442 g/mol. The molecule has 0 saturated heterocycles. The predicted octanol–water partition coefficient (Wildman–Crippen LogP) is 2.93. The Morgan fingerprint density at radius 2 is 2.00 bits per heavy atom. The van der Waals surface area contributed by atoms with E-state index in [4.69, 9.17) is 5.73 Å². The number of allylic oxidation sites excluding steroid dienone is 4. The lowest BCUT2D eigenvalue weighted by molar-refractivity contribution is 0.0951. The number of nitrogens with one attached hydrogen (secondary N) is 1. The second kappa shape index (κ2) is 9.87. The van der Waals surface area contributed by atoms with Crippen molar-refractivity contribution in [2.45, 2.75) is 12.5 Å². The monoisotopic (exact) mass is 466 g/mol. The summed E-state index contributed by atoms with van der Waals surface area (Å²) >= 11 is 0. The molecule has 2 aromatic heterocycles. The molecule has 0 aliphatic heterocycles. The summed E-state index contributed by atoms with van der Waals surface area (Å²) in [6.45, 7) is 1.29. The molecule has 3 aromatic rings. The number of carbonyl (C=O) groups excluding carboxylic acids is 1. The van der Waals surface area contributed by atoms with Crippen LogP contribution >= 0.6 is 0 Å². The zero-order valence-electron chi connectivity index (χ0n) is 18.7. The quantitative estimate of drug-likeness (QED) is 0.550. The maximum absolute atomic E-state index is 14.4. The average molecular weight is 466 g/mol. The van der Waals surface area contributed by atoms with Crippen molar-refractivity contribution in [3.63, 3.8) is 0 Å². The molecule has 1 aliphatic carbocycles. The van der Waals surface area contributed by atoms with E-state index < -0.39 is 17.7 Å². The molecule has 9 nitrogen and oxygen atoms in total. The van der Waals surface area contributed by atoms with Crippen molar-refractivity contribution in [3.8, 4) is 22.5 Å². The van der Waals surface area contributed by atoms with Gasteiger partial charge in [0.15, 0.2) is 17.5 Å². The fourth-order valence-corrected chi connectivity index (χ4v) is 3.55. The minimum absolute atomic E-state index is 0.146. The van der Waals surface area contributed by atoms with Gasteiger partial charge in [-0.05, 0) is 60.8 Å². The third-order valence-electron chi connectivity index (χ3n) is 5.42. The first-order valence-electron chi connectivity index (χ1n) is 10.6. The van der Waals surface area contributed by atoms with Gasteiger partial charge in [0.1, 0.15) is 11.9 Å². The maximum atomic E-state index is 14.4. The Bertz CT molecular complexity index is 1250. The topological polar surface area (TPSA) is 115 Å². The summed E-state index contributed by atoms with van der Waals surface area (Å²) in [6.07, 6.45) is 4.38. The molecule has 4 rings (SSSR count). The second-order valence-electron chi connectivity index (χ2n) is 8.09. The highest BCUT2D eigenvalue weighted by Crippen LogP contribution is 2.35. The van der Waals surface area contributed by atoms with Crippen molar-refractivity contribution in [3.05, 3.63) is 65.9 Å². The molecule has 0 radical (unpaired) electrons. The van der Waals surface area contributed by atoms with Gasteiger partial charge in [-0.15, -0.1) is 5.10 Å². The van der Waals surface area contributed by atoms with Crippen molar-refractivity contribution in [2.75, 3.05) is 32.9 Å². The van der Waals surface area contributed by atoms with Crippen LogP contribution in [0.2, 0.25) is 0 Å². The number of amides is 1. The standard InChI is InChI=1S/C23H24F2N8O/c1-32(2)11-10-27-23(34)15-8-6-14(7-9-15)16-12-17(21(26)28-13-16)22-29-30-31-33(22)19-5-3-4-18(24)20(19)25/h3-4,6-9,12-13,19H,5,10-11H2,1-2H3,(H2,26,28)(H,27,34)/t19-/m1/s1. The minimum Gasteiger partial charge on any atom is -0.383 e. The second-order valence-corrected chi connectivity index (χ2v) is 8.09. The van der Waals surface area contributed by atoms with Crippen LogP contribution in [-0.2, 0) is 0 Å². The summed E-state index contributed by atoms with van der Waals surface area (Å²) in [7, 11) is 3.87. The van der Waals surface area contributed by atoms with Crippen LogP contribution in [0.25, 0.3) is 22.5 Å². The lowest BCUT2D eigenvalue weighted by atomic mass is 10.0. The summed E-state index contributed by atoms with van der Waals surface area (Å²) < 4.78 is 29.4. The molecule has 0 bridgehead atoms. The minimum atomic E-state index is -1.01. The molecule has 1 atom stereocenters. The van der Waals surface area contributed by atoms with Crippen molar-refractivity contribution < 1.29 is 13.6 Å². The predicted molar refractivity (Wildman–Crippen MR) is 124 cm³/mol. The first-order chi connectivity index (χ1) is 16.3. The number of tetrazole rings is 1. The number of aromatic nitrogens is 5. The zero-order valence-corrected chi connectivity index (χ0v) is 18.7. The number of hydrogen-bond acceptors (Lipinski definition) is 7. The van der Waals surface area contributed by atoms with Crippen LogP contribution in [0.15, 0.2) is 60.3 Å². The van der Waals surface area contributed by atoms with Crippen LogP contribution in [-0.4, -0.2) is 63.2 Å². The van der Waals surface area contributed by atoms with Crippen molar-refractivity contribution in [1.29, 1.82) is 0 Å². The fraction of sp³-hybridized carbons (Fsp3) is 0.261. The number of halogens is 2. The Morgan fingerprint density at radius 1 is 1.24 bits per heavy atom. The van der Waals surface area contributed by atoms with Gasteiger partial charge in [0.05, 0.1) is 5.56 Å². The molecule has 0 saturated carbocycles. The van der Waals surface area contributed by atoms with Crippen LogP contribution in [0.4, 0.5) is 14.6 Å². The van der Waals surface area contributed by atoms with E-state index in [1.165, 1.54) is 10.8 Å². The Hall–Kier alpha value is -3.99. The SMILES string of the molecule is CN(C)CCNC(=O)c1ccc(-c2cnc(N)c(-c3nnnn3[C@@H]3CC=CC(F)=C3F)c2)cc1. The van der Waals surface area contributed by atoms with E-state index in [1.807, 2.05) is 19.0 Å². The number of carbonyl (C=O) groups is 1. The smallest absolute Gasteiger partial charge is 0.251 e. The Labute approximate surface area is 195 Å². The lowest BCUT2D eigenvalue weighted by Crippen LogP contribution is -2.31. The Balaban J connectivity index is 1.59. The molecule has 0 spiro atoms. The van der Waals surface area contributed by atoms with Crippen molar-refractivity contribution >= 4 is 11.7 Å². The Morgan fingerprint density at radius 3 is 2.74 bits per heavy atom. The van der Waals surface area contributed by atoms with Gasteiger partial charge in [0.2, 0.25) is 0 Å². The van der Waals surface area contributed by atoms with E-state index in [2.05, 4.69) is 25.8 Å². The lowest BCUT2D eigenvalue weighted by Gasteiger charge is -2.18. The number of benzene rings is 1. The van der Waals surface area contributed by atoms with Gasteiger partial charge >= 0.3 is 0 Å². The number of anilines is 1. The summed E-state index contributed by atoms with van der Waals surface area (Å²) in [5.74, 6) is -1.74. The van der Waals surface area contributed by atoms with E-state index in [1.54, 1.807) is 36.5 Å². The first-order valence-corrected chi connectivity index (χ1v) is 10.6. The van der Waals surface area contributed by atoms with Crippen LogP contribution in [0, 0.1) is 0 Å². The highest BCUT2D eigenvalue weighted by atomic mass is 19.2. The highest BCUT2D eigenvalue weighted by molar-refractivity contribution is 5.94. The van der Waals surface area contributed by atoms with E-state index in [-0.39, 0.29) is 24.0 Å². The Kier molecular flexibility index (Phi) is 6.73. The molecule has 34 heavy (non-hydrogen) atoms. The zero-order chi connectivity index (χ0) is 24.2. The molecule has 1 aromatic carbocycles. The van der Waals surface area contributed by atoms with Crippen LogP contribution in [0.5, 0.6) is 0 Å². The van der Waals surface area contributed by atoms with Gasteiger partial charge in [-0.3, -0.25) is 4.79 Å². The molecule has 0 unspecified atom stereocenters. The number of nitrogens with zero attached hydrogens (tertiary/aromatic N) is 6. The van der Waals surface area contributed by atoms with E-state index >= 15 is 0 Å². The summed E-state index contributed by atoms with van der Waals surface area (Å²) in [6, 6.07) is 7.75. The van der Waals surface area contributed by atoms with Gasteiger partial charge in [0, 0.05) is 30.4 Å². The summed E-state index contributed by atoms with van der Waals surface area (Å²) in [4.78, 5) is 18.5. The van der Waals surface area contributed by atoms with Crippen molar-refractivity contribution in [1.82, 2.24) is 35.4 Å². The third-order valence-corrected chi connectivity index (χ3v) is 5.42. The van der Waals surface area contributed by atoms with Gasteiger partial charge in [-0.25, -0.2) is 18.4 Å². The summed E-state index contributed by atoms with van der Waals surface area (Å²) in [5.41, 5.74) is 8.48. The van der Waals surface area contributed by atoms with Gasteiger partial charge in [-0.2, -0.15) is 0 Å². The van der Waals surface area contributed by atoms with Gasteiger partial charge in [0.25, 0.3) is 5.91 Å². The molecule has 1 amide bonds. The number of pyridine rings is 1. The molecule has 176 valence electrons. The van der Waals surface area contributed by atoms with Crippen LogP contribution < -0.4 is 11.1 Å². The number of rotatable bonds is 7. The third kappa shape index (κ3) is 4.84. The van der Waals surface area contributed by atoms with Gasteiger partial charge < -0.3 is 16.0 Å². The van der Waals surface area contributed by atoms with Crippen molar-refractivity contribution in [2.24, 2.45) is 0 Å². The largest absolute Gasteiger partial charge is 0.383 e.